The van der Waals surface area contributed by atoms with Crippen LogP contribution in [0.1, 0.15) is 41.5 Å². The lowest BCUT2D eigenvalue weighted by molar-refractivity contribution is 0.0532. The minimum Gasteiger partial charge on any atom is -0.377 e. The number of ether oxygens (including phenoxy) is 1. The second kappa shape index (κ2) is 5.46. The predicted molar refractivity (Wildman–Crippen MR) is 72.3 cm³/mol. The molecule has 1 nitrogen and oxygen atoms in total. The van der Waals surface area contributed by atoms with Crippen molar-refractivity contribution in [1.82, 2.24) is 0 Å². The maximum Gasteiger partial charge on any atom is 0.0800 e. The van der Waals surface area contributed by atoms with Gasteiger partial charge in [0.15, 0.2) is 0 Å². The van der Waals surface area contributed by atoms with Gasteiger partial charge >= 0.3 is 0 Å². The lowest BCUT2D eigenvalue weighted by Crippen LogP contribution is -2.27. The Morgan fingerprint density at radius 3 is 1.67 bits per heavy atom. The highest BCUT2D eigenvalue weighted by Crippen LogP contribution is 2.29. The highest BCUT2D eigenvalue weighted by Gasteiger charge is 2.23. The summed E-state index contributed by atoms with van der Waals surface area (Å²) in [6, 6.07) is 0. The Morgan fingerprint density at radius 2 is 1.40 bits per heavy atom. The average Bonchev–Trinajstić information content (AvgIpc) is 2.00. The molecule has 0 bridgehead atoms. The first-order valence-electron chi connectivity index (χ1n) is 5.55. The van der Waals surface area contributed by atoms with Crippen LogP contribution in [-0.2, 0) is 4.74 Å². The quantitative estimate of drug-likeness (QED) is 0.528. The Morgan fingerprint density at radius 1 is 0.933 bits per heavy atom. The van der Waals surface area contributed by atoms with E-state index >= 15 is 0 Å². The van der Waals surface area contributed by atoms with Gasteiger partial charge in [0, 0.05) is 7.11 Å². The molecule has 90 valence electrons. The molecule has 0 rings (SSSR count). The van der Waals surface area contributed by atoms with Crippen molar-refractivity contribution in [2.45, 2.75) is 53.3 Å². The van der Waals surface area contributed by atoms with Gasteiger partial charge in [-0.1, -0.05) is 53.7 Å². The topological polar surface area (TPSA) is 9.23 Å². The van der Waals surface area contributed by atoms with E-state index in [4.69, 9.17) is 4.74 Å². The molecular formula is C13H27OP. The van der Waals surface area contributed by atoms with Crippen LogP contribution >= 0.6 is 9.24 Å². The fourth-order valence-corrected chi connectivity index (χ4v) is 1.36. The average molecular weight is 230 g/mol. The highest BCUT2D eigenvalue weighted by atomic mass is 31.0. The summed E-state index contributed by atoms with van der Waals surface area (Å²) in [6.07, 6.45) is 4.61. The molecule has 0 aromatic carbocycles. The van der Waals surface area contributed by atoms with Gasteiger partial charge in [-0.2, -0.15) is 0 Å². The van der Waals surface area contributed by atoms with E-state index in [9.17, 15) is 0 Å². The smallest absolute Gasteiger partial charge is 0.0800 e. The van der Waals surface area contributed by atoms with Crippen molar-refractivity contribution in [3.05, 3.63) is 12.2 Å². The molecule has 15 heavy (non-hydrogen) atoms. The van der Waals surface area contributed by atoms with E-state index in [1.807, 2.05) is 0 Å². The van der Waals surface area contributed by atoms with Crippen LogP contribution in [0, 0.1) is 10.8 Å². The van der Waals surface area contributed by atoms with Crippen LogP contribution in [0.3, 0.4) is 0 Å². The van der Waals surface area contributed by atoms with Crippen LogP contribution in [0.25, 0.3) is 0 Å². The van der Waals surface area contributed by atoms with E-state index < -0.39 is 0 Å². The fourth-order valence-electron chi connectivity index (χ4n) is 1.23. The lowest BCUT2D eigenvalue weighted by atomic mass is 9.86. The molecule has 0 aliphatic carbocycles. The van der Waals surface area contributed by atoms with Gasteiger partial charge in [0.25, 0.3) is 0 Å². The van der Waals surface area contributed by atoms with Gasteiger partial charge < -0.3 is 4.74 Å². The first-order chi connectivity index (χ1) is 6.59. The van der Waals surface area contributed by atoms with Crippen molar-refractivity contribution in [2.75, 3.05) is 7.11 Å². The minimum absolute atomic E-state index is 0.160. The number of hydrogen-bond acceptors (Lipinski definition) is 1. The van der Waals surface area contributed by atoms with Gasteiger partial charge in [-0.25, -0.2) is 0 Å². The highest BCUT2D eigenvalue weighted by molar-refractivity contribution is 7.18. The number of methoxy groups -OCH3 is 1. The molecule has 2 heteroatoms. The molecule has 0 saturated heterocycles. The molecule has 3 unspecified atom stereocenters. The Labute approximate surface area is 97.9 Å². The monoisotopic (exact) mass is 230 g/mol. The second-order valence-corrected chi connectivity index (χ2v) is 7.02. The maximum absolute atomic E-state index is 5.48. The molecular weight excluding hydrogens is 203 g/mol. The van der Waals surface area contributed by atoms with Crippen molar-refractivity contribution < 1.29 is 4.74 Å². The van der Waals surface area contributed by atoms with Crippen LogP contribution < -0.4 is 0 Å². The molecule has 0 radical (unpaired) electrons. The summed E-state index contributed by atoms with van der Waals surface area (Å²) in [7, 11) is 4.66. The van der Waals surface area contributed by atoms with Crippen LogP contribution in [0.15, 0.2) is 12.2 Å². The third-order valence-corrected chi connectivity index (χ3v) is 3.82. The Bertz CT molecular complexity index is 208. The largest absolute Gasteiger partial charge is 0.377 e. The zero-order valence-electron chi connectivity index (χ0n) is 11.3. The fraction of sp³-hybridized carbons (Fsp3) is 0.846. The number of hydrogen-bond donors (Lipinski definition) is 0. The van der Waals surface area contributed by atoms with Gasteiger partial charge in [0.05, 0.1) is 6.10 Å². The molecule has 0 aromatic rings. The van der Waals surface area contributed by atoms with Crippen molar-refractivity contribution in [3.8, 4) is 0 Å². The van der Waals surface area contributed by atoms with Crippen LogP contribution in [0.5, 0.6) is 0 Å². The van der Waals surface area contributed by atoms with E-state index in [0.717, 1.165) is 0 Å². The van der Waals surface area contributed by atoms with Gasteiger partial charge in [0.2, 0.25) is 0 Å². The van der Waals surface area contributed by atoms with Gasteiger partial charge in [-0.3, -0.25) is 0 Å². The Balaban J connectivity index is 4.50. The molecule has 0 saturated carbocycles. The van der Waals surface area contributed by atoms with Gasteiger partial charge in [-0.15, -0.1) is 9.24 Å². The van der Waals surface area contributed by atoms with Crippen molar-refractivity contribution in [2.24, 2.45) is 10.8 Å². The standard InChI is InChI=1S/C13H27OP/c1-12(2,3)10(14-7)8-9-11(15)13(4,5)6/h8-11H,15H2,1-7H3. The molecule has 0 fully saturated rings. The summed E-state index contributed by atoms with van der Waals surface area (Å²) >= 11 is 0. The Kier molecular flexibility index (Phi) is 5.50. The maximum atomic E-state index is 5.48. The van der Waals surface area contributed by atoms with E-state index in [-0.39, 0.29) is 16.9 Å². The second-order valence-electron chi connectivity index (χ2n) is 6.30. The molecule has 0 aliphatic rings. The molecule has 3 atom stereocenters. The molecule has 0 aromatic heterocycles. The zero-order valence-corrected chi connectivity index (χ0v) is 12.4. The van der Waals surface area contributed by atoms with Crippen LogP contribution in [0.2, 0.25) is 0 Å². The molecule has 0 spiro atoms. The first kappa shape index (κ1) is 15.1. The summed E-state index contributed by atoms with van der Waals surface area (Å²) < 4.78 is 5.48. The van der Waals surface area contributed by atoms with Crippen LogP contribution in [0.4, 0.5) is 0 Å². The molecule has 0 heterocycles. The molecule has 0 N–H and O–H groups in total. The zero-order chi connectivity index (χ0) is 12.3. The third-order valence-electron chi connectivity index (χ3n) is 2.60. The number of allylic oxidation sites excluding steroid dienone is 1. The van der Waals surface area contributed by atoms with E-state index in [1.165, 1.54) is 0 Å². The minimum atomic E-state index is 0.160. The lowest BCUT2D eigenvalue weighted by Gasteiger charge is -2.29. The SMILES string of the molecule is COC(C=CC(P)C(C)(C)C)C(C)(C)C. The summed E-state index contributed by atoms with van der Waals surface area (Å²) in [5.74, 6) is 0. The summed E-state index contributed by atoms with van der Waals surface area (Å²) in [4.78, 5) is 0. The van der Waals surface area contributed by atoms with E-state index in [0.29, 0.717) is 5.66 Å². The van der Waals surface area contributed by atoms with Crippen molar-refractivity contribution in [1.29, 1.82) is 0 Å². The van der Waals surface area contributed by atoms with Gasteiger partial charge in [-0.05, 0) is 16.5 Å². The number of rotatable bonds is 3. The normalized spacial score (nSPS) is 18.1. The van der Waals surface area contributed by atoms with E-state index in [2.05, 4.69) is 62.9 Å². The predicted octanol–water partition coefficient (Wildman–Crippen LogP) is 3.89. The Hall–Kier alpha value is 0.130. The van der Waals surface area contributed by atoms with Gasteiger partial charge in [0.1, 0.15) is 0 Å². The summed E-state index contributed by atoms with van der Waals surface area (Å²) in [5.41, 5.74) is 0.933. The van der Waals surface area contributed by atoms with Crippen LogP contribution in [-0.4, -0.2) is 18.9 Å². The third kappa shape index (κ3) is 5.68. The molecule has 0 aliphatic heterocycles. The van der Waals surface area contributed by atoms with Crippen molar-refractivity contribution in [3.63, 3.8) is 0 Å². The summed E-state index contributed by atoms with van der Waals surface area (Å²) in [5, 5.41) is 0. The first-order valence-corrected chi connectivity index (χ1v) is 6.22. The van der Waals surface area contributed by atoms with E-state index in [1.54, 1.807) is 7.11 Å². The summed E-state index contributed by atoms with van der Waals surface area (Å²) in [6.45, 7) is 13.3. The molecule has 0 amide bonds. The van der Waals surface area contributed by atoms with Crippen molar-refractivity contribution >= 4 is 9.24 Å².